The summed E-state index contributed by atoms with van der Waals surface area (Å²) in [7, 11) is 0. The van der Waals surface area contributed by atoms with E-state index >= 15 is 0 Å². The van der Waals surface area contributed by atoms with E-state index in [-0.39, 0.29) is 34.0 Å². The Bertz CT molecular complexity index is 792. The highest BCUT2D eigenvalue weighted by atomic mass is 35.5. The molecule has 0 aromatic heterocycles. The van der Waals surface area contributed by atoms with Crippen LogP contribution in [0.4, 0.5) is 4.79 Å². The van der Waals surface area contributed by atoms with Crippen molar-refractivity contribution in [3.63, 3.8) is 0 Å². The number of carbonyl (C=O) groups excluding carboxylic acids is 3. The summed E-state index contributed by atoms with van der Waals surface area (Å²) in [6.45, 7) is 5.63. The van der Waals surface area contributed by atoms with Crippen molar-refractivity contribution in [3.8, 4) is 11.5 Å². The van der Waals surface area contributed by atoms with Crippen LogP contribution in [0.2, 0.25) is 5.02 Å². The van der Waals surface area contributed by atoms with E-state index in [2.05, 4.69) is 0 Å². The van der Waals surface area contributed by atoms with Crippen molar-refractivity contribution in [1.29, 1.82) is 0 Å². The number of carbonyl (C=O) groups is 3. The molecule has 1 N–H and O–H groups in total. The fraction of sp³-hybridized carbons (Fsp3) is 0.389. The van der Waals surface area contributed by atoms with Gasteiger partial charge in [0.25, 0.3) is 11.1 Å². The Balaban J connectivity index is 2.17. The summed E-state index contributed by atoms with van der Waals surface area (Å²) in [5, 5.41) is 9.38. The summed E-state index contributed by atoms with van der Waals surface area (Å²) in [6.07, 6.45) is 1.46. The van der Waals surface area contributed by atoms with Crippen LogP contribution < -0.4 is 4.74 Å². The van der Waals surface area contributed by atoms with Crippen LogP contribution in [0.1, 0.15) is 26.3 Å². The first-order valence-electron chi connectivity index (χ1n) is 8.29. The first kappa shape index (κ1) is 21.1. The molecule has 1 aliphatic rings. The number of thioether (sulfide) groups is 1. The lowest BCUT2D eigenvalue weighted by molar-refractivity contribution is -0.147. The standard InChI is InChI=1S/C18H20ClNO6S/c1-4-25-13-6-11(5-12(19)16(13)22)7-14-17(23)20(18(24)27-14)8-15(21)26-9-10(2)3/h5-7,10,22H,4,8-9H2,1-3H3/b14-7-. The Morgan fingerprint density at radius 3 is 2.70 bits per heavy atom. The summed E-state index contributed by atoms with van der Waals surface area (Å²) < 4.78 is 10.3. The van der Waals surface area contributed by atoms with Crippen molar-refractivity contribution in [2.45, 2.75) is 20.8 Å². The van der Waals surface area contributed by atoms with Crippen molar-refractivity contribution in [1.82, 2.24) is 4.90 Å². The van der Waals surface area contributed by atoms with E-state index in [1.54, 1.807) is 6.92 Å². The van der Waals surface area contributed by atoms with Crippen LogP contribution in [-0.4, -0.2) is 46.9 Å². The van der Waals surface area contributed by atoms with Crippen LogP contribution in [0.3, 0.4) is 0 Å². The number of rotatable bonds is 7. The summed E-state index contributed by atoms with van der Waals surface area (Å²) in [4.78, 5) is 37.3. The molecule has 2 rings (SSSR count). The maximum Gasteiger partial charge on any atom is 0.326 e. The molecular weight excluding hydrogens is 394 g/mol. The molecule has 0 aliphatic carbocycles. The maximum absolute atomic E-state index is 12.5. The molecule has 1 fully saturated rings. The second-order valence-electron chi connectivity index (χ2n) is 6.13. The predicted molar refractivity (Wildman–Crippen MR) is 103 cm³/mol. The van der Waals surface area contributed by atoms with E-state index in [0.717, 1.165) is 4.90 Å². The van der Waals surface area contributed by atoms with Gasteiger partial charge in [0.2, 0.25) is 0 Å². The SMILES string of the molecule is CCOc1cc(/C=C2\SC(=O)N(CC(=O)OCC(C)C)C2=O)cc(Cl)c1O. The number of ether oxygens (including phenoxy) is 2. The molecular formula is C18H20ClNO6S. The molecule has 0 spiro atoms. The Kier molecular flexibility index (Phi) is 7.15. The Hall–Kier alpha value is -2.19. The van der Waals surface area contributed by atoms with Gasteiger partial charge in [0.05, 0.1) is 23.1 Å². The van der Waals surface area contributed by atoms with Crippen LogP contribution in [0.5, 0.6) is 11.5 Å². The molecule has 1 saturated heterocycles. The fourth-order valence-corrected chi connectivity index (χ4v) is 3.22. The molecule has 146 valence electrons. The maximum atomic E-state index is 12.5. The van der Waals surface area contributed by atoms with Gasteiger partial charge in [0.15, 0.2) is 11.5 Å². The van der Waals surface area contributed by atoms with Crippen LogP contribution >= 0.6 is 23.4 Å². The summed E-state index contributed by atoms with van der Waals surface area (Å²) in [6, 6.07) is 2.96. The van der Waals surface area contributed by atoms with Gasteiger partial charge in [-0.15, -0.1) is 0 Å². The lowest BCUT2D eigenvalue weighted by atomic mass is 10.2. The van der Waals surface area contributed by atoms with Gasteiger partial charge in [-0.05, 0) is 48.4 Å². The van der Waals surface area contributed by atoms with E-state index < -0.39 is 23.7 Å². The van der Waals surface area contributed by atoms with Crippen molar-refractivity contribution in [2.24, 2.45) is 5.92 Å². The highest BCUT2D eigenvalue weighted by Crippen LogP contribution is 2.38. The Morgan fingerprint density at radius 2 is 2.07 bits per heavy atom. The first-order chi connectivity index (χ1) is 12.7. The number of hydrogen-bond donors (Lipinski definition) is 1. The average Bonchev–Trinajstić information content (AvgIpc) is 2.85. The van der Waals surface area contributed by atoms with E-state index in [4.69, 9.17) is 21.1 Å². The van der Waals surface area contributed by atoms with Crippen LogP contribution in [0.15, 0.2) is 17.0 Å². The lowest BCUT2D eigenvalue weighted by Gasteiger charge is -2.12. The fourth-order valence-electron chi connectivity index (χ4n) is 2.16. The first-order valence-corrected chi connectivity index (χ1v) is 9.48. The van der Waals surface area contributed by atoms with Crippen LogP contribution in [0.25, 0.3) is 6.08 Å². The van der Waals surface area contributed by atoms with Gasteiger partial charge in [-0.2, -0.15) is 0 Å². The van der Waals surface area contributed by atoms with Gasteiger partial charge in [-0.3, -0.25) is 19.3 Å². The molecule has 0 unspecified atom stereocenters. The molecule has 27 heavy (non-hydrogen) atoms. The minimum absolute atomic E-state index is 0.0590. The highest BCUT2D eigenvalue weighted by molar-refractivity contribution is 8.18. The zero-order chi connectivity index (χ0) is 20.1. The van der Waals surface area contributed by atoms with Gasteiger partial charge in [-0.25, -0.2) is 0 Å². The minimum atomic E-state index is -0.640. The minimum Gasteiger partial charge on any atom is -0.503 e. The number of aromatic hydroxyl groups is 1. The third-order valence-electron chi connectivity index (χ3n) is 3.39. The van der Waals surface area contributed by atoms with Crippen molar-refractivity contribution < 1.29 is 29.0 Å². The molecule has 0 radical (unpaired) electrons. The van der Waals surface area contributed by atoms with Crippen LogP contribution in [0, 0.1) is 5.92 Å². The number of amides is 2. The van der Waals surface area contributed by atoms with E-state index in [1.165, 1.54) is 18.2 Å². The summed E-state index contributed by atoms with van der Waals surface area (Å²) >= 11 is 6.69. The zero-order valence-electron chi connectivity index (χ0n) is 15.2. The van der Waals surface area contributed by atoms with Gasteiger partial charge in [0.1, 0.15) is 6.54 Å². The molecule has 2 amide bonds. The number of halogens is 1. The van der Waals surface area contributed by atoms with Gasteiger partial charge in [0, 0.05) is 0 Å². The van der Waals surface area contributed by atoms with Crippen molar-refractivity contribution in [2.75, 3.05) is 19.8 Å². The van der Waals surface area contributed by atoms with Gasteiger partial charge in [-0.1, -0.05) is 25.4 Å². The third kappa shape index (κ3) is 5.40. The number of phenols is 1. The number of nitrogens with zero attached hydrogens (tertiary/aromatic N) is 1. The number of esters is 1. The summed E-state index contributed by atoms with van der Waals surface area (Å²) in [5.41, 5.74) is 0.481. The third-order valence-corrected chi connectivity index (χ3v) is 4.58. The molecule has 0 bridgehead atoms. The largest absolute Gasteiger partial charge is 0.503 e. The molecule has 1 aromatic carbocycles. The number of hydrogen-bond acceptors (Lipinski definition) is 7. The zero-order valence-corrected chi connectivity index (χ0v) is 16.7. The van der Waals surface area contributed by atoms with E-state index in [0.29, 0.717) is 23.9 Å². The van der Waals surface area contributed by atoms with Gasteiger partial charge < -0.3 is 14.6 Å². The van der Waals surface area contributed by atoms with Gasteiger partial charge >= 0.3 is 5.97 Å². The van der Waals surface area contributed by atoms with Crippen molar-refractivity contribution in [3.05, 3.63) is 27.6 Å². The molecule has 1 aromatic rings. The van der Waals surface area contributed by atoms with Crippen LogP contribution in [-0.2, 0) is 14.3 Å². The molecule has 0 saturated carbocycles. The number of benzene rings is 1. The second kappa shape index (κ2) is 9.14. The second-order valence-corrected chi connectivity index (χ2v) is 7.53. The predicted octanol–water partition coefficient (Wildman–Crippen LogP) is 3.68. The Morgan fingerprint density at radius 1 is 1.37 bits per heavy atom. The molecule has 9 heteroatoms. The highest BCUT2D eigenvalue weighted by Gasteiger charge is 2.36. The topological polar surface area (TPSA) is 93.1 Å². The quantitative estimate of drug-likeness (QED) is 0.538. The smallest absolute Gasteiger partial charge is 0.326 e. The number of phenolic OH excluding ortho intramolecular Hbond substituents is 1. The summed E-state index contributed by atoms with van der Waals surface area (Å²) in [5.74, 6) is -1.10. The molecule has 0 atom stereocenters. The lowest BCUT2D eigenvalue weighted by Crippen LogP contribution is -2.34. The average molecular weight is 414 g/mol. The molecule has 1 heterocycles. The number of imide groups is 1. The Labute approximate surface area is 166 Å². The normalized spacial score (nSPS) is 15.7. The van der Waals surface area contributed by atoms with Crippen molar-refractivity contribution >= 4 is 46.6 Å². The van der Waals surface area contributed by atoms with E-state index in [1.807, 2.05) is 13.8 Å². The molecule has 7 nitrogen and oxygen atoms in total. The van der Waals surface area contributed by atoms with E-state index in [9.17, 15) is 19.5 Å². The monoisotopic (exact) mass is 413 g/mol. The molecule has 1 aliphatic heterocycles.